The molecule has 0 fully saturated rings. The smallest absolute Gasteiger partial charge is 0.240 e. The van der Waals surface area contributed by atoms with E-state index < -0.39 is 15.6 Å². The Morgan fingerprint density at radius 3 is 2.40 bits per heavy atom. The highest BCUT2D eigenvalue weighted by Crippen LogP contribution is 2.18. The Morgan fingerprint density at radius 2 is 1.90 bits per heavy atom. The van der Waals surface area contributed by atoms with Gasteiger partial charge in [-0.05, 0) is 50.3 Å². The van der Waals surface area contributed by atoms with Crippen LogP contribution in [-0.2, 0) is 10.0 Å². The molecule has 1 aromatic rings. The number of aliphatic hydroxyl groups excluding tert-OH is 1. The number of rotatable bonds is 8. The average Bonchev–Trinajstić information content (AvgIpc) is 2.43. The average molecular weight is 319 g/mol. The summed E-state index contributed by atoms with van der Waals surface area (Å²) in [5.74, 6) is 0. The second kappa shape index (κ2) is 7.42. The van der Waals surface area contributed by atoms with Crippen molar-refractivity contribution >= 4 is 21.8 Å². The van der Waals surface area contributed by atoms with Crippen molar-refractivity contribution in [3.8, 4) is 0 Å². The first kappa shape index (κ1) is 17.5. The number of sulfonamides is 1. The van der Waals surface area contributed by atoms with Crippen molar-refractivity contribution in [1.82, 2.24) is 4.72 Å². The number of hydrogen-bond acceptors (Lipinski definition) is 5. The summed E-state index contributed by atoms with van der Waals surface area (Å²) in [6.07, 6.45) is 2.68. The quantitative estimate of drug-likeness (QED) is 0.627. The van der Waals surface area contributed by atoms with Gasteiger partial charge in [-0.2, -0.15) is 0 Å². The van der Waals surface area contributed by atoms with E-state index in [-0.39, 0.29) is 18.0 Å². The van der Waals surface area contributed by atoms with Crippen molar-refractivity contribution in [3.05, 3.63) is 24.3 Å². The lowest BCUT2D eigenvalue weighted by Crippen LogP contribution is -2.40. The van der Waals surface area contributed by atoms with Crippen LogP contribution in [0.15, 0.2) is 34.1 Å². The highest BCUT2D eigenvalue weighted by molar-refractivity contribution is 7.98. The SMILES string of the molecule is CSc1ccc(S(=O)(=O)NCC(C)(O)CCCO)cc1. The number of aliphatic hydroxyl groups is 2. The molecule has 0 spiro atoms. The predicted molar refractivity (Wildman–Crippen MR) is 80.4 cm³/mol. The zero-order chi connectivity index (χ0) is 15.2. The normalized spacial score (nSPS) is 15.0. The van der Waals surface area contributed by atoms with E-state index in [2.05, 4.69) is 4.72 Å². The van der Waals surface area contributed by atoms with E-state index in [0.29, 0.717) is 12.8 Å². The first-order chi connectivity index (χ1) is 9.30. The van der Waals surface area contributed by atoms with Gasteiger partial charge < -0.3 is 10.2 Å². The summed E-state index contributed by atoms with van der Waals surface area (Å²) >= 11 is 1.54. The van der Waals surface area contributed by atoms with Crippen molar-refractivity contribution in [2.24, 2.45) is 0 Å². The van der Waals surface area contributed by atoms with Crippen LogP contribution in [0.5, 0.6) is 0 Å². The van der Waals surface area contributed by atoms with E-state index in [0.717, 1.165) is 4.90 Å². The molecule has 0 aromatic heterocycles. The maximum Gasteiger partial charge on any atom is 0.240 e. The van der Waals surface area contributed by atoms with Crippen LogP contribution in [0.1, 0.15) is 19.8 Å². The van der Waals surface area contributed by atoms with Gasteiger partial charge in [-0.25, -0.2) is 13.1 Å². The first-order valence-corrected chi connectivity index (χ1v) is 8.98. The Balaban J connectivity index is 2.69. The molecular formula is C13H21NO4S2. The van der Waals surface area contributed by atoms with Crippen molar-refractivity contribution in [3.63, 3.8) is 0 Å². The Labute approximate surface area is 124 Å². The molecule has 1 atom stereocenters. The molecule has 0 aliphatic heterocycles. The third-order valence-corrected chi connectivity index (χ3v) is 5.05. The zero-order valence-corrected chi connectivity index (χ0v) is 13.3. The topological polar surface area (TPSA) is 86.6 Å². The molecule has 0 saturated carbocycles. The highest BCUT2D eigenvalue weighted by Gasteiger charge is 2.23. The molecule has 114 valence electrons. The van der Waals surface area contributed by atoms with Gasteiger partial charge >= 0.3 is 0 Å². The molecule has 0 bridgehead atoms. The third kappa shape index (κ3) is 5.41. The lowest BCUT2D eigenvalue weighted by molar-refractivity contribution is 0.0488. The second-order valence-electron chi connectivity index (χ2n) is 4.82. The van der Waals surface area contributed by atoms with Crippen LogP contribution in [-0.4, -0.2) is 43.6 Å². The fourth-order valence-corrected chi connectivity index (χ4v) is 3.21. The molecule has 5 nitrogen and oxygen atoms in total. The Hall–Kier alpha value is -0.600. The molecule has 1 aromatic carbocycles. The van der Waals surface area contributed by atoms with E-state index in [1.54, 1.807) is 19.1 Å². The number of hydrogen-bond donors (Lipinski definition) is 3. The van der Waals surface area contributed by atoms with Gasteiger partial charge in [0.2, 0.25) is 10.0 Å². The molecule has 7 heteroatoms. The molecule has 0 saturated heterocycles. The lowest BCUT2D eigenvalue weighted by atomic mass is 10.0. The van der Waals surface area contributed by atoms with E-state index in [4.69, 9.17) is 5.11 Å². The number of thioether (sulfide) groups is 1. The predicted octanol–water partition coefficient (Wildman–Crippen LogP) is 1.21. The molecule has 0 aliphatic rings. The molecular weight excluding hydrogens is 298 g/mol. The molecule has 20 heavy (non-hydrogen) atoms. The van der Waals surface area contributed by atoms with Gasteiger partial charge in [-0.1, -0.05) is 0 Å². The monoisotopic (exact) mass is 319 g/mol. The summed E-state index contributed by atoms with van der Waals surface area (Å²) in [5.41, 5.74) is -1.17. The largest absolute Gasteiger partial charge is 0.396 e. The van der Waals surface area contributed by atoms with Crippen LogP contribution in [0.25, 0.3) is 0 Å². The zero-order valence-electron chi connectivity index (χ0n) is 11.7. The Morgan fingerprint density at radius 1 is 1.30 bits per heavy atom. The lowest BCUT2D eigenvalue weighted by Gasteiger charge is -2.23. The summed E-state index contributed by atoms with van der Waals surface area (Å²) in [6.45, 7) is 1.43. The Kier molecular flexibility index (Phi) is 6.47. The van der Waals surface area contributed by atoms with E-state index >= 15 is 0 Å². The maximum absolute atomic E-state index is 12.1. The molecule has 0 aliphatic carbocycles. The van der Waals surface area contributed by atoms with Gasteiger partial charge in [-0.3, -0.25) is 0 Å². The van der Waals surface area contributed by atoms with Gasteiger partial charge in [0, 0.05) is 18.0 Å². The summed E-state index contributed by atoms with van der Waals surface area (Å²) in [5, 5.41) is 18.7. The van der Waals surface area contributed by atoms with Crippen molar-refractivity contribution in [2.45, 2.75) is 35.2 Å². The van der Waals surface area contributed by atoms with E-state index in [9.17, 15) is 13.5 Å². The summed E-state index contributed by atoms with van der Waals surface area (Å²) < 4.78 is 26.5. The highest BCUT2D eigenvalue weighted by atomic mass is 32.2. The fraction of sp³-hybridized carbons (Fsp3) is 0.538. The molecule has 0 radical (unpaired) electrons. The molecule has 0 amide bonds. The van der Waals surface area contributed by atoms with E-state index in [1.807, 2.05) is 6.26 Å². The van der Waals surface area contributed by atoms with Gasteiger partial charge in [0.1, 0.15) is 0 Å². The molecule has 1 rings (SSSR count). The number of benzene rings is 1. The van der Waals surface area contributed by atoms with Crippen molar-refractivity contribution in [2.75, 3.05) is 19.4 Å². The second-order valence-corrected chi connectivity index (χ2v) is 7.47. The van der Waals surface area contributed by atoms with Crippen molar-refractivity contribution < 1.29 is 18.6 Å². The van der Waals surface area contributed by atoms with Gasteiger partial charge in [0.05, 0.1) is 10.5 Å². The minimum absolute atomic E-state index is 0.0287. The maximum atomic E-state index is 12.1. The van der Waals surface area contributed by atoms with Gasteiger partial charge in [-0.15, -0.1) is 11.8 Å². The fourth-order valence-electron chi connectivity index (χ4n) is 1.64. The van der Waals surface area contributed by atoms with Gasteiger partial charge in [0.15, 0.2) is 0 Å². The molecule has 0 heterocycles. The van der Waals surface area contributed by atoms with Crippen LogP contribution in [0.3, 0.4) is 0 Å². The minimum atomic E-state index is -3.63. The molecule has 1 unspecified atom stereocenters. The first-order valence-electron chi connectivity index (χ1n) is 6.28. The molecule has 3 N–H and O–H groups in total. The van der Waals surface area contributed by atoms with Crippen LogP contribution < -0.4 is 4.72 Å². The third-order valence-electron chi connectivity index (χ3n) is 2.89. The number of nitrogens with one attached hydrogen (secondary N) is 1. The van der Waals surface area contributed by atoms with Crippen molar-refractivity contribution in [1.29, 1.82) is 0 Å². The van der Waals surface area contributed by atoms with Crippen LogP contribution >= 0.6 is 11.8 Å². The van der Waals surface area contributed by atoms with Gasteiger partial charge in [0.25, 0.3) is 0 Å². The summed E-state index contributed by atoms with van der Waals surface area (Å²) in [6, 6.07) is 6.56. The summed E-state index contributed by atoms with van der Waals surface area (Å²) in [4.78, 5) is 1.16. The van der Waals surface area contributed by atoms with Crippen LogP contribution in [0.2, 0.25) is 0 Å². The van der Waals surface area contributed by atoms with E-state index in [1.165, 1.54) is 23.9 Å². The minimum Gasteiger partial charge on any atom is -0.396 e. The standard InChI is InChI=1S/C13H21NO4S2/c1-13(16,8-3-9-15)10-14-20(17,18)12-6-4-11(19-2)5-7-12/h4-7,14-16H,3,8-10H2,1-2H3. The van der Waals surface area contributed by atoms with Crippen LogP contribution in [0.4, 0.5) is 0 Å². The summed E-state index contributed by atoms with van der Waals surface area (Å²) in [7, 11) is -3.63. The Bertz CT molecular complexity index is 512. The van der Waals surface area contributed by atoms with Crippen LogP contribution in [0, 0.1) is 0 Å².